The Morgan fingerprint density at radius 2 is 1.67 bits per heavy atom. The van der Waals surface area contributed by atoms with Gasteiger partial charge in [-0.15, -0.1) is 10.1 Å². The molecule has 0 bridgehead atoms. The first-order chi connectivity index (χ1) is 1.73. The second-order valence-corrected chi connectivity index (χ2v) is 0.238. The van der Waals surface area contributed by atoms with Gasteiger partial charge in [0.1, 0.15) is 0 Å². The quantitative estimate of drug-likeness (QED) is 0.329. The van der Waals surface area contributed by atoms with Gasteiger partial charge in [0.2, 0.25) is 0 Å². The first-order valence-corrected chi connectivity index (χ1v) is 0.565. The van der Waals surface area contributed by atoms with E-state index in [0.717, 1.165) is 0 Å². The largest absolute Gasteiger partial charge is 0.344 e. The van der Waals surface area contributed by atoms with Crippen LogP contribution in [-0.2, 0) is 0 Å². The fourth-order valence-corrected chi connectivity index (χ4v) is 0. The zero-order valence-electron chi connectivity index (χ0n) is 2.83. The van der Waals surface area contributed by atoms with Crippen LogP contribution in [0.5, 0.6) is 0 Å². The Morgan fingerprint density at radius 3 is 1.67 bits per heavy atom. The van der Waals surface area contributed by atoms with Crippen LogP contribution in [0.1, 0.15) is 0 Å². The average molecular weight is 100 g/mol. The van der Waals surface area contributed by atoms with E-state index in [1.807, 2.05) is 0 Å². The summed E-state index contributed by atoms with van der Waals surface area (Å²) in [6, 6.07) is 0. The summed E-state index contributed by atoms with van der Waals surface area (Å²) in [4.78, 5) is 8.36. The lowest BCUT2D eigenvalue weighted by Gasteiger charge is -1.56. The smallest absolute Gasteiger partial charge is 0.291 e. The van der Waals surface area contributed by atoms with Crippen LogP contribution in [0.3, 0.4) is 0 Å². The molecule has 0 aliphatic rings. The minimum atomic E-state index is -1.50. The van der Waals surface area contributed by atoms with Crippen LogP contribution < -0.4 is 6.15 Å². The fraction of sp³-hybridized carbons (Fsp3) is 0. The molecular weight excluding hydrogens is 95.0 g/mol. The van der Waals surface area contributed by atoms with E-state index < -0.39 is 5.09 Å². The molecule has 0 unspecified atom stereocenters. The van der Waals surface area contributed by atoms with Crippen LogP contribution in [0.4, 0.5) is 4.70 Å². The van der Waals surface area contributed by atoms with Gasteiger partial charge < -0.3 is 11.4 Å². The number of hydrogen-bond acceptors (Lipinski definition) is 3. The molecular formula is H5FN2O3. The number of nitrogens with zero attached hydrogens (tertiary/aromatic N) is 1. The Kier molecular flexibility index (Phi) is 29.0. The van der Waals surface area contributed by atoms with Gasteiger partial charge in [-0.05, 0) is 0 Å². The Morgan fingerprint density at radius 1 is 1.67 bits per heavy atom. The molecule has 0 heterocycles. The summed E-state index contributed by atoms with van der Waals surface area (Å²) < 4.78 is 0. The van der Waals surface area contributed by atoms with Crippen molar-refractivity contribution >= 4 is 0 Å². The van der Waals surface area contributed by atoms with Gasteiger partial charge in [0.25, 0.3) is 5.09 Å². The van der Waals surface area contributed by atoms with Gasteiger partial charge in [0.15, 0.2) is 0 Å². The monoisotopic (exact) mass is 100 g/mol. The van der Waals surface area contributed by atoms with Crippen molar-refractivity contribution in [3.63, 3.8) is 0 Å². The molecule has 0 aromatic heterocycles. The molecule has 0 aliphatic carbocycles. The van der Waals surface area contributed by atoms with Crippen LogP contribution in [-0.4, -0.2) is 10.3 Å². The average Bonchev–Trinajstić information content (AvgIpc) is 0.811. The van der Waals surface area contributed by atoms with E-state index in [4.69, 9.17) is 15.3 Å². The molecule has 4 N–H and O–H groups in total. The summed E-state index contributed by atoms with van der Waals surface area (Å²) in [5, 5.41) is 13.6. The second-order valence-electron chi connectivity index (χ2n) is 0.238. The van der Waals surface area contributed by atoms with E-state index in [-0.39, 0.29) is 10.9 Å². The highest BCUT2D eigenvalue weighted by atomic mass is 19.0. The Labute approximate surface area is 32.6 Å². The van der Waals surface area contributed by atoms with Crippen molar-refractivity contribution in [1.82, 2.24) is 6.15 Å². The predicted octanol–water partition coefficient (Wildman–Crippen LogP) is -0.0332. The van der Waals surface area contributed by atoms with E-state index in [0.29, 0.717) is 0 Å². The van der Waals surface area contributed by atoms with E-state index in [1.165, 1.54) is 0 Å². The third-order valence-corrected chi connectivity index (χ3v) is 0. The number of halogens is 1. The highest BCUT2D eigenvalue weighted by Gasteiger charge is 1.65. The molecule has 0 fully saturated rings. The SMILES string of the molecule is F.N.O=[N+]([O-])O. The van der Waals surface area contributed by atoms with E-state index in [1.54, 1.807) is 0 Å². The van der Waals surface area contributed by atoms with Crippen molar-refractivity contribution in [2.75, 3.05) is 0 Å². The summed E-state index contributed by atoms with van der Waals surface area (Å²) in [5.41, 5.74) is 0. The van der Waals surface area contributed by atoms with Gasteiger partial charge in [0, 0.05) is 0 Å². The van der Waals surface area contributed by atoms with E-state index in [9.17, 15) is 0 Å². The predicted molar refractivity (Wildman–Crippen MR) is 16.3 cm³/mol. The standard InChI is InChI=1S/FH.HNO3.H3N/c;2-1(3)4;/h1H;(H,2,3,4);1H3. The third-order valence-electron chi connectivity index (χ3n) is 0. The molecule has 0 saturated carbocycles. The molecule has 0 atom stereocenters. The topological polar surface area (TPSA) is 98.4 Å². The van der Waals surface area contributed by atoms with E-state index >= 15 is 0 Å². The first kappa shape index (κ1) is 19.5. The molecule has 6 heteroatoms. The van der Waals surface area contributed by atoms with Crippen molar-refractivity contribution in [2.45, 2.75) is 0 Å². The lowest BCUT2D eigenvalue weighted by atomic mass is 13.1. The molecule has 0 spiro atoms. The zero-order valence-corrected chi connectivity index (χ0v) is 2.83. The fourth-order valence-electron chi connectivity index (χ4n) is 0. The summed E-state index contributed by atoms with van der Waals surface area (Å²) in [5.74, 6) is 0. The van der Waals surface area contributed by atoms with Gasteiger partial charge in [-0.3, -0.25) is 4.70 Å². The van der Waals surface area contributed by atoms with Gasteiger partial charge in [-0.1, -0.05) is 0 Å². The molecule has 6 heavy (non-hydrogen) atoms. The van der Waals surface area contributed by atoms with Gasteiger partial charge in [-0.25, -0.2) is 0 Å². The highest BCUT2D eigenvalue weighted by molar-refractivity contribution is 3.83. The Hall–Kier alpha value is -0.910. The minimum Gasteiger partial charge on any atom is -0.344 e. The zero-order chi connectivity index (χ0) is 3.58. The molecule has 0 aromatic carbocycles. The van der Waals surface area contributed by atoms with Crippen LogP contribution in [0.2, 0.25) is 0 Å². The lowest BCUT2D eigenvalue weighted by molar-refractivity contribution is -0.742. The van der Waals surface area contributed by atoms with Crippen LogP contribution in [0, 0.1) is 10.1 Å². The van der Waals surface area contributed by atoms with Gasteiger partial charge in [0.05, 0.1) is 0 Å². The van der Waals surface area contributed by atoms with Crippen molar-refractivity contribution < 1.29 is 15.0 Å². The highest BCUT2D eigenvalue weighted by Crippen LogP contribution is 1.38. The summed E-state index contributed by atoms with van der Waals surface area (Å²) in [6.07, 6.45) is 0. The molecule has 0 radical (unpaired) electrons. The molecule has 40 valence electrons. The normalized spacial score (nSPS) is 4.00. The maximum Gasteiger partial charge on any atom is 0.291 e. The number of hydrogen-bond donors (Lipinski definition) is 2. The maximum atomic E-state index is 8.36. The molecule has 0 aliphatic heterocycles. The molecule has 0 aromatic rings. The third kappa shape index (κ3) is 16.3. The van der Waals surface area contributed by atoms with Crippen molar-refractivity contribution in [3.8, 4) is 0 Å². The van der Waals surface area contributed by atoms with Crippen LogP contribution >= 0.6 is 0 Å². The first-order valence-electron chi connectivity index (χ1n) is 0.565. The van der Waals surface area contributed by atoms with Crippen molar-refractivity contribution in [1.29, 1.82) is 0 Å². The van der Waals surface area contributed by atoms with Crippen LogP contribution in [0.25, 0.3) is 0 Å². The number of rotatable bonds is 0. The second kappa shape index (κ2) is 8.94. The molecule has 0 amide bonds. The van der Waals surface area contributed by atoms with Crippen molar-refractivity contribution in [2.24, 2.45) is 0 Å². The molecule has 5 nitrogen and oxygen atoms in total. The van der Waals surface area contributed by atoms with Gasteiger partial charge >= 0.3 is 0 Å². The minimum absolute atomic E-state index is 0. The summed E-state index contributed by atoms with van der Waals surface area (Å²) in [7, 11) is 0. The lowest BCUT2D eigenvalue weighted by Crippen LogP contribution is -1.81. The summed E-state index contributed by atoms with van der Waals surface area (Å²) >= 11 is 0. The van der Waals surface area contributed by atoms with Crippen LogP contribution in [0.15, 0.2) is 0 Å². The molecule has 0 rings (SSSR count). The summed E-state index contributed by atoms with van der Waals surface area (Å²) in [6.45, 7) is 0. The van der Waals surface area contributed by atoms with Gasteiger partial charge in [-0.2, -0.15) is 0 Å². The van der Waals surface area contributed by atoms with E-state index in [2.05, 4.69) is 0 Å². The Bertz CT molecular complexity index is 31.8. The Balaban J connectivity index is -0.0000000450. The maximum absolute atomic E-state index is 8.36. The van der Waals surface area contributed by atoms with Crippen molar-refractivity contribution in [3.05, 3.63) is 10.1 Å². The molecule has 0 saturated heterocycles.